The van der Waals surface area contributed by atoms with Gasteiger partial charge in [-0.25, -0.2) is 0 Å². The summed E-state index contributed by atoms with van der Waals surface area (Å²) in [6.45, 7) is 0. The van der Waals surface area contributed by atoms with Crippen molar-refractivity contribution in [2.24, 2.45) is 0 Å². The van der Waals surface area contributed by atoms with Gasteiger partial charge in [0.2, 0.25) is 5.91 Å². The van der Waals surface area contributed by atoms with Gasteiger partial charge in [0, 0.05) is 26.3 Å². The van der Waals surface area contributed by atoms with Gasteiger partial charge in [-0.15, -0.1) is 0 Å². The number of nitrogens with one attached hydrogen (secondary N) is 1. The number of carbonyl (C=O) groups is 1. The molecule has 0 bridgehead atoms. The fourth-order valence-corrected chi connectivity index (χ4v) is 2.36. The highest BCUT2D eigenvalue weighted by molar-refractivity contribution is 9.10. The molecule has 3 nitrogen and oxygen atoms in total. The summed E-state index contributed by atoms with van der Waals surface area (Å²) >= 11 is 6.75. The normalized spacial score (nSPS) is 10.6. The molecule has 0 fully saturated rings. The maximum Gasteiger partial charge on any atom is 0.248 e. The zero-order valence-electron chi connectivity index (χ0n) is 11.3. The lowest BCUT2D eigenvalue weighted by atomic mass is 10.2. The molecule has 1 amide bonds. The van der Waals surface area contributed by atoms with Crippen LogP contribution in [0, 0.1) is 0 Å². The predicted octanol–water partition coefficient (Wildman–Crippen LogP) is 4.87. The lowest BCUT2D eigenvalue weighted by Crippen LogP contribution is -2.07. The molecule has 0 atom stereocenters. The number of benzene rings is 2. The number of amides is 1. The summed E-state index contributed by atoms with van der Waals surface area (Å²) < 4.78 is 7.15. The second-order valence-corrected chi connectivity index (χ2v) is 6.05. The van der Waals surface area contributed by atoms with Crippen molar-refractivity contribution in [1.82, 2.24) is 0 Å². The fraction of sp³-hybridized carbons (Fsp3) is 0.0625. The molecule has 0 saturated carbocycles. The van der Waals surface area contributed by atoms with E-state index in [1.807, 2.05) is 42.5 Å². The minimum absolute atomic E-state index is 0.195. The minimum atomic E-state index is -0.195. The Labute approximate surface area is 140 Å². The Morgan fingerprint density at radius 1 is 1.10 bits per heavy atom. The number of hydrogen-bond acceptors (Lipinski definition) is 2. The maximum atomic E-state index is 11.9. The second kappa shape index (κ2) is 7.43. The summed E-state index contributed by atoms with van der Waals surface area (Å²) in [6, 6.07) is 13.0. The van der Waals surface area contributed by atoms with Crippen LogP contribution in [-0.2, 0) is 4.79 Å². The van der Waals surface area contributed by atoms with E-state index in [9.17, 15) is 4.79 Å². The number of halogens is 2. The molecule has 21 heavy (non-hydrogen) atoms. The number of carbonyl (C=O) groups excluding carboxylic acids is 1. The van der Waals surface area contributed by atoms with Crippen LogP contribution in [0.1, 0.15) is 5.56 Å². The van der Waals surface area contributed by atoms with Gasteiger partial charge in [0.25, 0.3) is 0 Å². The topological polar surface area (TPSA) is 38.3 Å². The van der Waals surface area contributed by atoms with Gasteiger partial charge in [0.1, 0.15) is 5.75 Å². The van der Waals surface area contributed by atoms with Crippen molar-refractivity contribution in [3.05, 3.63) is 63.0 Å². The first-order valence-electron chi connectivity index (χ1n) is 6.16. The van der Waals surface area contributed by atoms with Crippen LogP contribution >= 0.6 is 31.9 Å². The first-order valence-corrected chi connectivity index (χ1v) is 7.75. The van der Waals surface area contributed by atoms with Crippen LogP contribution in [0.25, 0.3) is 6.08 Å². The standard InChI is InChI=1S/C16H13Br2NO2/c1-21-15-8-5-13(18)10-11(15)2-9-16(20)19-14-6-3-12(17)4-7-14/h2-10H,1H3,(H,19,20)/b9-2+. The summed E-state index contributed by atoms with van der Waals surface area (Å²) in [5.74, 6) is 0.519. The first-order chi connectivity index (χ1) is 10.1. The highest BCUT2D eigenvalue weighted by atomic mass is 79.9. The Morgan fingerprint density at radius 3 is 2.43 bits per heavy atom. The smallest absolute Gasteiger partial charge is 0.248 e. The Balaban J connectivity index is 2.08. The van der Waals surface area contributed by atoms with Crippen molar-refractivity contribution in [3.8, 4) is 5.75 Å². The molecule has 0 spiro atoms. The van der Waals surface area contributed by atoms with Crippen molar-refractivity contribution >= 4 is 49.5 Å². The van der Waals surface area contributed by atoms with Crippen LogP contribution in [0.4, 0.5) is 5.69 Å². The predicted molar refractivity (Wildman–Crippen MR) is 92.5 cm³/mol. The second-order valence-electron chi connectivity index (χ2n) is 4.22. The number of anilines is 1. The van der Waals surface area contributed by atoms with Crippen LogP contribution in [-0.4, -0.2) is 13.0 Å². The summed E-state index contributed by atoms with van der Waals surface area (Å²) in [4.78, 5) is 11.9. The number of methoxy groups -OCH3 is 1. The molecule has 0 saturated heterocycles. The molecule has 0 heterocycles. The van der Waals surface area contributed by atoms with Gasteiger partial charge >= 0.3 is 0 Å². The monoisotopic (exact) mass is 409 g/mol. The van der Waals surface area contributed by atoms with E-state index in [0.29, 0.717) is 5.75 Å². The van der Waals surface area contributed by atoms with E-state index in [-0.39, 0.29) is 5.91 Å². The lowest BCUT2D eigenvalue weighted by molar-refractivity contribution is -0.111. The Hall–Kier alpha value is -1.59. The third kappa shape index (κ3) is 4.72. The summed E-state index contributed by atoms with van der Waals surface area (Å²) in [6.07, 6.45) is 3.20. The van der Waals surface area contributed by atoms with Crippen molar-refractivity contribution in [3.63, 3.8) is 0 Å². The molecular formula is C16H13Br2NO2. The summed E-state index contributed by atoms with van der Waals surface area (Å²) in [5.41, 5.74) is 1.58. The quantitative estimate of drug-likeness (QED) is 0.730. The average molecular weight is 411 g/mol. The van der Waals surface area contributed by atoms with Crippen LogP contribution in [0.2, 0.25) is 0 Å². The van der Waals surface area contributed by atoms with Gasteiger partial charge < -0.3 is 10.1 Å². The highest BCUT2D eigenvalue weighted by Crippen LogP contribution is 2.24. The zero-order valence-corrected chi connectivity index (χ0v) is 14.4. The van der Waals surface area contributed by atoms with Gasteiger partial charge in [0.05, 0.1) is 7.11 Å². The molecule has 0 aliphatic carbocycles. The van der Waals surface area contributed by atoms with Crippen molar-refractivity contribution in [2.75, 3.05) is 12.4 Å². The van der Waals surface area contributed by atoms with E-state index < -0.39 is 0 Å². The number of rotatable bonds is 4. The van der Waals surface area contributed by atoms with Gasteiger partial charge in [-0.3, -0.25) is 4.79 Å². The molecule has 2 rings (SSSR count). The summed E-state index contributed by atoms with van der Waals surface area (Å²) in [5, 5.41) is 2.79. The van der Waals surface area contributed by atoms with E-state index in [2.05, 4.69) is 37.2 Å². The molecule has 2 aromatic rings. The van der Waals surface area contributed by atoms with Gasteiger partial charge in [0.15, 0.2) is 0 Å². The van der Waals surface area contributed by atoms with Crippen molar-refractivity contribution in [1.29, 1.82) is 0 Å². The minimum Gasteiger partial charge on any atom is -0.496 e. The molecule has 0 aliphatic heterocycles. The van der Waals surface area contributed by atoms with Crippen LogP contribution in [0.15, 0.2) is 57.5 Å². The third-order valence-electron chi connectivity index (χ3n) is 2.72. The van der Waals surface area contributed by atoms with E-state index in [4.69, 9.17) is 4.74 Å². The van der Waals surface area contributed by atoms with E-state index in [0.717, 1.165) is 20.2 Å². The Morgan fingerprint density at radius 2 is 1.76 bits per heavy atom. The van der Waals surface area contributed by atoms with Crippen LogP contribution in [0.3, 0.4) is 0 Å². The van der Waals surface area contributed by atoms with E-state index in [1.165, 1.54) is 6.08 Å². The van der Waals surface area contributed by atoms with E-state index >= 15 is 0 Å². The lowest BCUT2D eigenvalue weighted by Gasteiger charge is -2.05. The van der Waals surface area contributed by atoms with Crippen molar-refractivity contribution in [2.45, 2.75) is 0 Å². The molecule has 0 aliphatic rings. The van der Waals surface area contributed by atoms with Crippen molar-refractivity contribution < 1.29 is 9.53 Å². The SMILES string of the molecule is COc1ccc(Br)cc1/C=C/C(=O)Nc1ccc(Br)cc1. The molecule has 5 heteroatoms. The molecule has 0 aromatic heterocycles. The zero-order chi connectivity index (χ0) is 15.2. The molecular weight excluding hydrogens is 398 g/mol. The summed E-state index contributed by atoms with van der Waals surface area (Å²) in [7, 11) is 1.60. The molecule has 1 N–H and O–H groups in total. The first kappa shape index (κ1) is 15.8. The van der Waals surface area contributed by atoms with Gasteiger partial charge in [-0.05, 0) is 48.5 Å². The Bertz CT molecular complexity index is 666. The molecule has 0 unspecified atom stereocenters. The Kier molecular flexibility index (Phi) is 5.59. The molecule has 108 valence electrons. The average Bonchev–Trinajstić information content (AvgIpc) is 2.48. The van der Waals surface area contributed by atoms with Gasteiger partial charge in [-0.2, -0.15) is 0 Å². The van der Waals surface area contributed by atoms with E-state index in [1.54, 1.807) is 13.2 Å². The maximum absolute atomic E-state index is 11.9. The van der Waals surface area contributed by atoms with Crippen LogP contribution < -0.4 is 10.1 Å². The highest BCUT2D eigenvalue weighted by Gasteiger charge is 2.02. The number of ether oxygens (including phenoxy) is 1. The van der Waals surface area contributed by atoms with Crippen LogP contribution in [0.5, 0.6) is 5.75 Å². The third-order valence-corrected chi connectivity index (χ3v) is 3.74. The molecule has 2 aromatic carbocycles. The van der Waals surface area contributed by atoms with Gasteiger partial charge in [-0.1, -0.05) is 31.9 Å². The fourth-order valence-electron chi connectivity index (χ4n) is 1.72. The largest absolute Gasteiger partial charge is 0.496 e. The number of hydrogen-bond donors (Lipinski definition) is 1. The molecule has 0 radical (unpaired) electrons.